The number of imidazole rings is 1. The van der Waals surface area contributed by atoms with Crippen molar-refractivity contribution in [3.05, 3.63) is 42.2 Å². The number of aromatic amines is 1. The van der Waals surface area contributed by atoms with Gasteiger partial charge in [0.2, 0.25) is 0 Å². The molecule has 4 heteroatoms. The summed E-state index contributed by atoms with van der Waals surface area (Å²) in [5.74, 6) is 0.947. The van der Waals surface area contributed by atoms with Crippen LogP contribution in [-0.2, 0) is 0 Å². The van der Waals surface area contributed by atoms with Gasteiger partial charge in [-0.25, -0.2) is 4.98 Å². The number of likely N-dealkylation sites (tertiary alicyclic amines) is 1. The molecule has 0 bridgehead atoms. The van der Waals surface area contributed by atoms with E-state index in [0.29, 0.717) is 0 Å². The summed E-state index contributed by atoms with van der Waals surface area (Å²) in [6, 6.07) is 7.73. The van der Waals surface area contributed by atoms with E-state index in [0.717, 1.165) is 42.9 Å². The molecule has 1 aromatic carbocycles. The first-order valence-corrected chi connectivity index (χ1v) is 7.74. The molecule has 0 spiro atoms. The lowest BCUT2D eigenvalue weighted by Gasteiger charge is -2.25. The summed E-state index contributed by atoms with van der Waals surface area (Å²) in [6.07, 6.45) is 9.51. The van der Waals surface area contributed by atoms with Gasteiger partial charge < -0.3 is 9.88 Å². The normalized spacial score (nSPS) is 16.3. The van der Waals surface area contributed by atoms with Crippen molar-refractivity contribution in [3.63, 3.8) is 0 Å². The number of hydrogen-bond donors (Lipinski definition) is 1. The van der Waals surface area contributed by atoms with Crippen molar-refractivity contribution in [2.45, 2.75) is 32.1 Å². The second-order valence-corrected chi connectivity index (χ2v) is 5.58. The van der Waals surface area contributed by atoms with Crippen molar-refractivity contribution in [1.29, 1.82) is 0 Å². The van der Waals surface area contributed by atoms with Crippen molar-refractivity contribution in [2.75, 3.05) is 13.1 Å². The number of amides is 1. The van der Waals surface area contributed by atoms with Crippen LogP contribution in [0.1, 0.15) is 42.5 Å². The molecule has 2 heterocycles. The maximum absolute atomic E-state index is 12.7. The first-order valence-electron chi connectivity index (χ1n) is 7.74. The largest absolute Gasteiger partial charge is 0.345 e. The Morgan fingerprint density at radius 2 is 1.86 bits per heavy atom. The third-order valence-corrected chi connectivity index (χ3v) is 4.02. The summed E-state index contributed by atoms with van der Waals surface area (Å²) in [5, 5.41) is 0. The Hall–Kier alpha value is -2.10. The number of carbonyl (C=O) groups is 1. The minimum Gasteiger partial charge on any atom is -0.345 e. The molecule has 1 aromatic heterocycles. The third kappa shape index (κ3) is 3.32. The van der Waals surface area contributed by atoms with E-state index in [2.05, 4.69) is 9.97 Å². The van der Waals surface area contributed by atoms with Gasteiger partial charge in [-0.15, -0.1) is 0 Å². The Morgan fingerprint density at radius 3 is 2.57 bits per heavy atom. The number of benzene rings is 1. The molecule has 0 radical (unpaired) electrons. The van der Waals surface area contributed by atoms with Crippen molar-refractivity contribution in [3.8, 4) is 11.4 Å². The van der Waals surface area contributed by atoms with Gasteiger partial charge in [0.05, 0.1) is 0 Å². The van der Waals surface area contributed by atoms with Crippen molar-refractivity contribution in [1.82, 2.24) is 14.9 Å². The number of rotatable bonds is 2. The Bertz CT molecular complexity index is 584. The molecule has 1 amide bonds. The molecular formula is C17H21N3O. The monoisotopic (exact) mass is 283 g/mol. The molecule has 1 aliphatic rings. The summed E-state index contributed by atoms with van der Waals surface area (Å²) in [4.78, 5) is 22.0. The first-order chi connectivity index (χ1) is 10.3. The number of H-pyrrole nitrogens is 1. The molecule has 1 saturated heterocycles. The van der Waals surface area contributed by atoms with Crippen LogP contribution in [0.2, 0.25) is 0 Å². The third-order valence-electron chi connectivity index (χ3n) is 4.02. The highest BCUT2D eigenvalue weighted by Gasteiger charge is 2.17. The van der Waals surface area contributed by atoms with Gasteiger partial charge in [0.15, 0.2) is 0 Å². The fourth-order valence-corrected chi connectivity index (χ4v) is 2.86. The van der Waals surface area contributed by atoms with E-state index in [9.17, 15) is 4.79 Å². The Kier molecular flexibility index (Phi) is 4.34. The lowest BCUT2D eigenvalue weighted by Crippen LogP contribution is -2.33. The van der Waals surface area contributed by atoms with Gasteiger partial charge >= 0.3 is 0 Å². The summed E-state index contributed by atoms with van der Waals surface area (Å²) < 4.78 is 0. The highest BCUT2D eigenvalue weighted by atomic mass is 16.2. The van der Waals surface area contributed by atoms with Crippen LogP contribution in [0, 0.1) is 0 Å². The van der Waals surface area contributed by atoms with E-state index < -0.39 is 0 Å². The fourth-order valence-electron chi connectivity index (χ4n) is 2.86. The molecule has 2 aromatic rings. The fraction of sp³-hybridized carbons (Fsp3) is 0.412. The van der Waals surface area contributed by atoms with E-state index in [1.165, 1.54) is 19.3 Å². The average Bonchev–Trinajstić information content (AvgIpc) is 3.01. The van der Waals surface area contributed by atoms with Gasteiger partial charge in [0, 0.05) is 36.6 Å². The minimum atomic E-state index is 0.144. The molecule has 4 nitrogen and oxygen atoms in total. The van der Waals surface area contributed by atoms with Gasteiger partial charge in [-0.05, 0) is 25.0 Å². The predicted molar refractivity (Wildman–Crippen MR) is 83.0 cm³/mol. The molecule has 0 saturated carbocycles. The Morgan fingerprint density at radius 1 is 1.10 bits per heavy atom. The minimum absolute atomic E-state index is 0.144. The van der Waals surface area contributed by atoms with E-state index in [1.54, 1.807) is 12.4 Å². The van der Waals surface area contributed by atoms with Crippen LogP contribution in [0.4, 0.5) is 0 Å². The summed E-state index contributed by atoms with van der Waals surface area (Å²) >= 11 is 0. The van der Waals surface area contributed by atoms with Gasteiger partial charge in [-0.1, -0.05) is 31.4 Å². The zero-order chi connectivity index (χ0) is 14.5. The lowest BCUT2D eigenvalue weighted by molar-refractivity contribution is 0.0742. The van der Waals surface area contributed by atoms with E-state index in [4.69, 9.17) is 0 Å². The molecule has 1 aliphatic heterocycles. The summed E-state index contributed by atoms with van der Waals surface area (Å²) in [6.45, 7) is 1.76. The lowest BCUT2D eigenvalue weighted by atomic mass is 10.1. The van der Waals surface area contributed by atoms with Crippen LogP contribution in [0.15, 0.2) is 36.7 Å². The predicted octanol–water partition coefficient (Wildman–Crippen LogP) is 3.48. The van der Waals surface area contributed by atoms with Crippen LogP contribution in [0.25, 0.3) is 11.4 Å². The molecule has 1 N–H and O–H groups in total. The maximum Gasteiger partial charge on any atom is 0.253 e. The standard InChI is InChI=1S/C17H21N3O/c21-17(20-11-4-2-1-3-5-12-20)15-8-6-7-14(13-15)16-18-9-10-19-16/h6-10,13H,1-5,11-12H2,(H,18,19). The van der Waals surface area contributed by atoms with Crippen LogP contribution >= 0.6 is 0 Å². The van der Waals surface area contributed by atoms with Gasteiger partial charge in [0.25, 0.3) is 5.91 Å². The van der Waals surface area contributed by atoms with Gasteiger partial charge in [0.1, 0.15) is 5.82 Å². The Labute approximate surface area is 125 Å². The quantitative estimate of drug-likeness (QED) is 0.917. The van der Waals surface area contributed by atoms with E-state index in [-0.39, 0.29) is 5.91 Å². The van der Waals surface area contributed by atoms with Crippen LogP contribution in [0.5, 0.6) is 0 Å². The molecule has 0 aliphatic carbocycles. The smallest absolute Gasteiger partial charge is 0.253 e. The molecule has 0 atom stereocenters. The zero-order valence-corrected chi connectivity index (χ0v) is 12.2. The van der Waals surface area contributed by atoms with Crippen LogP contribution < -0.4 is 0 Å². The maximum atomic E-state index is 12.7. The molecule has 21 heavy (non-hydrogen) atoms. The van der Waals surface area contributed by atoms with Crippen LogP contribution in [0.3, 0.4) is 0 Å². The number of nitrogens with zero attached hydrogens (tertiary/aromatic N) is 2. The number of nitrogens with one attached hydrogen (secondary N) is 1. The van der Waals surface area contributed by atoms with Gasteiger partial charge in [-0.2, -0.15) is 0 Å². The zero-order valence-electron chi connectivity index (χ0n) is 12.2. The van der Waals surface area contributed by atoms with Gasteiger partial charge in [-0.3, -0.25) is 4.79 Å². The second kappa shape index (κ2) is 6.57. The van der Waals surface area contributed by atoms with Crippen molar-refractivity contribution in [2.24, 2.45) is 0 Å². The molecule has 0 unspecified atom stereocenters. The first kappa shape index (κ1) is 13.9. The summed E-state index contributed by atoms with van der Waals surface area (Å²) in [5.41, 5.74) is 1.71. The highest BCUT2D eigenvalue weighted by molar-refractivity contribution is 5.95. The average molecular weight is 283 g/mol. The molecule has 3 rings (SSSR count). The second-order valence-electron chi connectivity index (χ2n) is 5.58. The van der Waals surface area contributed by atoms with Crippen LogP contribution in [-0.4, -0.2) is 33.9 Å². The molecule has 1 fully saturated rings. The van der Waals surface area contributed by atoms with Crippen molar-refractivity contribution < 1.29 is 4.79 Å². The molecule has 110 valence electrons. The summed E-state index contributed by atoms with van der Waals surface area (Å²) in [7, 11) is 0. The SMILES string of the molecule is O=C(c1cccc(-c2ncc[nH]2)c1)N1CCCCCCC1. The molecular weight excluding hydrogens is 262 g/mol. The van der Waals surface area contributed by atoms with Crippen molar-refractivity contribution >= 4 is 5.91 Å². The topological polar surface area (TPSA) is 49.0 Å². The number of aromatic nitrogens is 2. The number of hydrogen-bond acceptors (Lipinski definition) is 2. The van der Waals surface area contributed by atoms with E-state index >= 15 is 0 Å². The Balaban J connectivity index is 1.79. The highest BCUT2D eigenvalue weighted by Crippen LogP contribution is 2.18. The number of carbonyl (C=O) groups excluding carboxylic acids is 1. The van der Waals surface area contributed by atoms with E-state index in [1.807, 2.05) is 29.2 Å².